The molecular weight excluding hydrogens is 322 g/mol. The van der Waals surface area contributed by atoms with Crippen molar-refractivity contribution in [2.24, 2.45) is 0 Å². The van der Waals surface area contributed by atoms with E-state index in [1.807, 2.05) is 0 Å². The Hall–Kier alpha value is -2.26. The van der Waals surface area contributed by atoms with Crippen LogP contribution in [0.15, 0.2) is 18.2 Å². The van der Waals surface area contributed by atoms with E-state index in [9.17, 15) is 14.9 Å². The molecule has 21 heavy (non-hydrogen) atoms. The van der Waals surface area contributed by atoms with Gasteiger partial charge in [-0.2, -0.15) is 0 Å². The van der Waals surface area contributed by atoms with Crippen molar-refractivity contribution in [3.63, 3.8) is 0 Å². The van der Waals surface area contributed by atoms with E-state index in [1.165, 1.54) is 12.1 Å². The molecule has 8 nitrogen and oxygen atoms in total. The molecule has 0 bridgehead atoms. The highest BCUT2D eigenvalue weighted by Crippen LogP contribution is 2.33. The van der Waals surface area contributed by atoms with Crippen LogP contribution >= 0.6 is 22.9 Å². The Morgan fingerprint density at radius 2 is 2.24 bits per heavy atom. The van der Waals surface area contributed by atoms with Gasteiger partial charge < -0.3 is 9.47 Å². The first-order valence-corrected chi connectivity index (χ1v) is 6.83. The molecule has 1 aromatic carbocycles. The monoisotopic (exact) mass is 329 g/mol. The summed E-state index contributed by atoms with van der Waals surface area (Å²) in [5.74, 6) is -0.423. The highest BCUT2D eigenvalue weighted by Gasteiger charge is 2.17. The summed E-state index contributed by atoms with van der Waals surface area (Å²) in [6.07, 6.45) is 0. The summed E-state index contributed by atoms with van der Waals surface area (Å²) in [4.78, 5) is 21.5. The lowest BCUT2D eigenvalue weighted by molar-refractivity contribution is -0.384. The number of rotatable bonds is 5. The summed E-state index contributed by atoms with van der Waals surface area (Å²) in [5, 5.41) is 18.1. The zero-order valence-electron chi connectivity index (χ0n) is 10.6. The molecule has 1 aromatic heterocycles. The number of ether oxygens (including phenoxy) is 2. The van der Waals surface area contributed by atoms with Gasteiger partial charge >= 0.3 is 5.97 Å². The fraction of sp³-hybridized carbons (Fsp3) is 0.182. The Labute approximate surface area is 127 Å². The molecule has 0 unspecified atom stereocenters. The van der Waals surface area contributed by atoms with Gasteiger partial charge in [-0.3, -0.25) is 10.1 Å². The fourth-order valence-electron chi connectivity index (χ4n) is 1.31. The number of esters is 1. The van der Waals surface area contributed by atoms with Gasteiger partial charge in [0.15, 0.2) is 0 Å². The summed E-state index contributed by atoms with van der Waals surface area (Å²) >= 11 is 6.76. The van der Waals surface area contributed by atoms with Gasteiger partial charge in [-0.15, -0.1) is 5.10 Å². The molecule has 10 heteroatoms. The van der Waals surface area contributed by atoms with Crippen LogP contribution in [0.2, 0.25) is 5.02 Å². The summed E-state index contributed by atoms with van der Waals surface area (Å²) in [6, 6.07) is 3.74. The molecule has 0 N–H and O–H groups in total. The topological polar surface area (TPSA) is 104 Å². The van der Waals surface area contributed by atoms with Crippen LogP contribution in [0, 0.1) is 10.1 Å². The van der Waals surface area contributed by atoms with E-state index in [4.69, 9.17) is 21.1 Å². The minimum absolute atomic E-state index is 0.0462. The maximum Gasteiger partial charge on any atom is 0.369 e. The van der Waals surface area contributed by atoms with Crippen LogP contribution in [0.5, 0.6) is 10.9 Å². The largest absolute Gasteiger partial charge is 0.461 e. The summed E-state index contributed by atoms with van der Waals surface area (Å²) < 4.78 is 10.1. The molecule has 110 valence electrons. The van der Waals surface area contributed by atoms with Crippen molar-refractivity contribution < 1.29 is 19.2 Å². The highest BCUT2D eigenvalue weighted by atomic mass is 35.5. The van der Waals surface area contributed by atoms with Crippen molar-refractivity contribution in [2.75, 3.05) is 6.61 Å². The van der Waals surface area contributed by atoms with Crippen LogP contribution in [0.25, 0.3) is 0 Å². The van der Waals surface area contributed by atoms with Crippen LogP contribution in [-0.2, 0) is 4.74 Å². The molecule has 2 aromatic rings. The number of carbonyl (C=O) groups excluding carboxylic acids is 1. The minimum atomic E-state index is -0.598. The third kappa shape index (κ3) is 3.64. The smallest absolute Gasteiger partial charge is 0.369 e. The molecule has 0 aliphatic rings. The van der Waals surface area contributed by atoms with Gasteiger partial charge in [0.25, 0.3) is 10.9 Å². The van der Waals surface area contributed by atoms with Crippen molar-refractivity contribution in [2.45, 2.75) is 6.92 Å². The third-order valence-electron chi connectivity index (χ3n) is 2.18. The predicted octanol–water partition coefficient (Wildman–Crippen LogP) is 3.07. The Kier molecular flexibility index (Phi) is 4.66. The first-order chi connectivity index (χ1) is 10.0. The van der Waals surface area contributed by atoms with Crippen molar-refractivity contribution in [1.29, 1.82) is 0 Å². The number of benzene rings is 1. The van der Waals surface area contributed by atoms with Gasteiger partial charge in [0.2, 0.25) is 5.01 Å². The zero-order valence-corrected chi connectivity index (χ0v) is 12.2. The van der Waals surface area contributed by atoms with Gasteiger partial charge in [-0.1, -0.05) is 16.7 Å². The lowest BCUT2D eigenvalue weighted by Gasteiger charge is -2.02. The Morgan fingerprint density at radius 3 is 2.86 bits per heavy atom. The summed E-state index contributed by atoms with van der Waals surface area (Å²) in [6.45, 7) is 1.90. The number of nitrogens with zero attached hydrogens (tertiary/aromatic N) is 3. The molecule has 0 aliphatic carbocycles. The van der Waals surface area contributed by atoms with E-state index in [0.717, 1.165) is 17.4 Å². The van der Waals surface area contributed by atoms with Crippen LogP contribution in [0.1, 0.15) is 16.7 Å². The van der Waals surface area contributed by atoms with E-state index in [0.29, 0.717) is 0 Å². The fourth-order valence-corrected chi connectivity index (χ4v) is 2.12. The maximum absolute atomic E-state index is 11.4. The minimum Gasteiger partial charge on any atom is -0.461 e. The second kappa shape index (κ2) is 6.46. The lowest BCUT2D eigenvalue weighted by atomic mass is 10.3. The number of aromatic nitrogens is 2. The number of nitro groups is 1. The SMILES string of the molecule is CCOC(=O)c1nnc(Oc2ccc([N+](=O)[O-])cc2Cl)s1. The molecule has 0 saturated carbocycles. The van der Waals surface area contributed by atoms with E-state index in [1.54, 1.807) is 6.92 Å². The molecule has 2 rings (SSSR count). The van der Waals surface area contributed by atoms with Gasteiger partial charge in [-0.05, 0) is 24.3 Å². The number of carbonyl (C=O) groups is 1. The zero-order chi connectivity index (χ0) is 15.4. The Morgan fingerprint density at radius 1 is 1.48 bits per heavy atom. The molecule has 0 radical (unpaired) electrons. The standard InChI is InChI=1S/C11H8ClN3O5S/c1-2-19-10(16)9-13-14-11(21-9)20-8-4-3-6(15(17)18)5-7(8)12/h3-5H,2H2,1H3. The van der Waals surface area contributed by atoms with Crippen molar-refractivity contribution in [1.82, 2.24) is 10.2 Å². The summed E-state index contributed by atoms with van der Waals surface area (Å²) in [5.41, 5.74) is -0.156. The maximum atomic E-state index is 11.4. The van der Waals surface area contributed by atoms with Crippen LogP contribution in [-0.4, -0.2) is 27.7 Å². The van der Waals surface area contributed by atoms with Crippen molar-refractivity contribution in [3.8, 4) is 10.9 Å². The molecule has 0 aliphatic heterocycles. The average molecular weight is 330 g/mol. The van der Waals surface area contributed by atoms with E-state index in [-0.39, 0.29) is 33.3 Å². The highest BCUT2D eigenvalue weighted by molar-refractivity contribution is 7.14. The van der Waals surface area contributed by atoms with E-state index >= 15 is 0 Å². The molecule has 1 heterocycles. The molecule has 0 fully saturated rings. The quantitative estimate of drug-likeness (QED) is 0.471. The first-order valence-electron chi connectivity index (χ1n) is 5.63. The number of nitro benzene ring substituents is 1. The van der Waals surface area contributed by atoms with E-state index < -0.39 is 10.9 Å². The number of hydrogen-bond donors (Lipinski definition) is 0. The summed E-state index contributed by atoms with van der Waals surface area (Å²) in [7, 11) is 0. The molecule has 0 amide bonds. The van der Waals surface area contributed by atoms with Crippen LogP contribution < -0.4 is 4.74 Å². The van der Waals surface area contributed by atoms with Gasteiger partial charge in [0.1, 0.15) is 5.75 Å². The van der Waals surface area contributed by atoms with Crippen molar-refractivity contribution in [3.05, 3.63) is 38.3 Å². The second-order valence-electron chi connectivity index (χ2n) is 3.57. The second-order valence-corrected chi connectivity index (χ2v) is 4.91. The molecule has 0 atom stereocenters. The number of halogens is 1. The van der Waals surface area contributed by atoms with Gasteiger partial charge in [0, 0.05) is 12.1 Å². The van der Waals surface area contributed by atoms with E-state index in [2.05, 4.69) is 10.2 Å². The number of non-ortho nitro benzene ring substituents is 1. The van der Waals surface area contributed by atoms with Crippen LogP contribution in [0.4, 0.5) is 5.69 Å². The predicted molar refractivity (Wildman–Crippen MR) is 74.0 cm³/mol. The van der Waals surface area contributed by atoms with Crippen LogP contribution in [0.3, 0.4) is 0 Å². The Bertz CT molecular complexity index is 690. The van der Waals surface area contributed by atoms with Gasteiger partial charge in [0.05, 0.1) is 16.6 Å². The lowest BCUT2D eigenvalue weighted by Crippen LogP contribution is -2.03. The van der Waals surface area contributed by atoms with Gasteiger partial charge in [-0.25, -0.2) is 4.79 Å². The normalized spacial score (nSPS) is 10.2. The molecule has 0 spiro atoms. The number of hydrogen-bond acceptors (Lipinski definition) is 8. The average Bonchev–Trinajstić information content (AvgIpc) is 2.90. The van der Waals surface area contributed by atoms with Crippen molar-refractivity contribution >= 4 is 34.6 Å². The first kappa shape index (κ1) is 15.1. The molecule has 0 saturated heterocycles. The third-order valence-corrected chi connectivity index (χ3v) is 3.26. The molecular formula is C11H8ClN3O5S. The Balaban J connectivity index is 2.15.